The third-order valence-electron chi connectivity index (χ3n) is 2.39. The maximum Gasteiger partial charge on any atom is 0.347 e. The highest BCUT2D eigenvalue weighted by molar-refractivity contribution is 7.99. The summed E-state index contributed by atoms with van der Waals surface area (Å²) in [7, 11) is 0. The molecule has 0 bridgehead atoms. The number of hydrogen-bond acceptors (Lipinski definition) is 4. The van der Waals surface area contributed by atoms with Crippen molar-refractivity contribution < 1.29 is 9.90 Å². The van der Waals surface area contributed by atoms with Crippen molar-refractivity contribution in [2.24, 2.45) is 0 Å². The molecular weight excluding hydrogens is 242 g/mol. The fourth-order valence-electron chi connectivity index (χ4n) is 1.46. The number of thiophene rings is 1. The number of carboxylic acid groups (broad SMARTS) is 1. The van der Waals surface area contributed by atoms with Gasteiger partial charge in [-0.15, -0.1) is 23.1 Å². The van der Waals surface area contributed by atoms with Gasteiger partial charge in [-0.05, 0) is 25.8 Å². The van der Waals surface area contributed by atoms with Gasteiger partial charge in [-0.2, -0.15) is 0 Å². The third kappa shape index (κ3) is 3.23. The summed E-state index contributed by atoms with van der Waals surface area (Å²) < 4.78 is 0. The van der Waals surface area contributed by atoms with Crippen molar-refractivity contribution in [3.63, 3.8) is 0 Å². The van der Waals surface area contributed by atoms with Crippen LogP contribution in [0.1, 0.15) is 27.4 Å². The number of rotatable bonds is 6. The number of nitrogens with one attached hydrogen (secondary N) is 1. The Kier molecular flexibility index (Phi) is 3.89. The fraction of sp³-hybridized carbons (Fsp3) is 0.545. The van der Waals surface area contributed by atoms with Crippen molar-refractivity contribution in [2.45, 2.75) is 30.7 Å². The van der Waals surface area contributed by atoms with Crippen LogP contribution in [-0.2, 0) is 0 Å². The van der Waals surface area contributed by atoms with Crippen LogP contribution in [0, 0.1) is 6.92 Å². The molecule has 0 atom stereocenters. The molecule has 0 aromatic carbocycles. The molecule has 0 saturated heterocycles. The zero-order valence-electron chi connectivity index (χ0n) is 9.16. The van der Waals surface area contributed by atoms with E-state index in [0.717, 1.165) is 28.1 Å². The van der Waals surface area contributed by atoms with Crippen LogP contribution in [0.25, 0.3) is 0 Å². The van der Waals surface area contributed by atoms with Gasteiger partial charge in [0.1, 0.15) is 4.88 Å². The van der Waals surface area contributed by atoms with E-state index in [1.165, 1.54) is 24.2 Å². The molecule has 2 rings (SSSR count). The van der Waals surface area contributed by atoms with E-state index in [2.05, 4.69) is 5.32 Å². The van der Waals surface area contributed by atoms with Gasteiger partial charge in [-0.1, -0.05) is 0 Å². The minimum atomic E-state index is -0.809. The van der Waals surface area contributed by atoms with Gasteiger partial charge in [-0.25, -0.2) is 4.79 Å². The standard InChI is InChI=1S/C11H15NO2S2/c1-7-6-9(10(16-7)11(13)14)15-5-4-12-8-2-3-8/h6,8,12H,2-5H2,1H3,(H,13,14). The molecule has 16 heavy (non-hydrogen) atoms. The molecule has 1 aliphatic rings. The number of aryl methyl sites for hydroxylation is 1. The molecule has 0 amide bonds. The Morgan fingerprint density at radius 1 is 1.69 bits per heavy atom. The van der Waals surface area contributed by atoms with E-state index in [1.807, 2.05) is 13.0 Å². The van der Waals surface area contributed by atoms with Crippen LogP contribution in [0.2, 0.25) is 0 Å². The average molecular weight is 257 g/mol. The molecule has 1 aromatic rings. The van der Waals surface area contributed by atoms with Gasteiger partial charge in [0.05, 0.1) is 0 Å². The molecule has 0 unspecified atom stereocenters. The second kappa shape index (κ2) is 5.21. The molecule has 88 valence electrons. The number of hydrogen-bond donors (Lipinski definition) is 2. The van der Waals surface area contributed by atoms with Gasteiger partial charge in [0.25, 0.3) is 0 Å². The molecule has 5 heteroatoms. The Morgan fingerprint density at radius 2 is 2.44 bits per heavy atom. The van der Waals surface area contributed by atoms with Crippen LogP contribution in [0.4, 0.5) is 0 Å². The van der Waals surface area contributed by atoms with Gasteiger partial charge in [-0.3, -0.25) is 0 Å². The summed E-state index contributed by atoms with van der Waals surface area (Å²) in [6.07, 6.45) is 2.59. The van der Waals surface area contributed by atoms with Gasteiger partial charge in [0, 0.05) is 28.1 Å². The summed E-state index contributed by atoms with van der Waals surface area (Å²) in [6.45, 7) is 2.91. The predicted octanol–water partition coefficient (Wildman–Crippen LogP) is 2.60. The highest BCUT2D eigenvalue weighted by Gasteiger charge is 2.20. The molecule has 0 spiro atoms. The van der Waals surface area contributed by atoms with E-state index in [4.69, 9.17) is 5.11 Å². The van der Waals surface area contributed by atoms with Crippen LogP contribution in [-0.4, -0.2) is 29.4 Å². The normalized spacial score (nSPS) is 15.3. The lowest BCUT2D eigenvalue weighted by atomic mass is 10.4. The van der Waals surface area contributed by atoms with E-state index in [-0.39, 0.29) is 0 Å². The smallest absolute Gasteiger partial charge is 0.347 e. The molecule has 1 heterocycles. The van der Waals surface area contributed by atoms with Gasteiger partial charge < -0.3 is 10.4 Å². The number of thioether (sulfide) groups is 1. The molecule has 3 nitrogen and oxygen atoms in total. The zero-order chi connectivity index (χ0) is 11.5. The van der Waals surface area contributed by atoms with E-state index < -0.39 is 5.97 Å². The van der Waals surface area contributed by atoms with Crippen molar-refractivity contribution in [3.05, 3.63) is 15.8 Å². The Hall–Kier alpha value is -0.520. The largest absolute Gasteiger partial charge is 0.477 e. The third-order valence-corrected chi connectivity index (χ3v) is 4.59. The first kappa shape index (κ1) is 12.0. The number of aromatic carboxylic acids is 1. The summed E-state index contributed by atoms with van der Waals surface area (Å²) in [5.74, 6) is 0.128. The molecule has 0 aliphatic heterocycles. The summed E-state index contributed by atoms with van der Waals surface area (Å²) in [5.41, 5.74) is 0. The second-order valence-electron chi connectivity index (χ2n) is 3.93. The minimum absolute atomic E-state index is 0.480. The molecular formula is C11H15NO2S2. The van der Waals surface area contributed by atoms with E-state index >= 15 is 0 Å². The number of carboxylic acids is 1. The van der Waals surface area contributed by atoms with Crippen LogP contribution in [0.3, 0.4) is 0 Å². The Morgan fingerprint density at radius 3 is 3.06 bits per heavy atom. The first-order chi connectivity index (χ1) is 7.66. The molecule has 2 N–H and O–H groups in total. The van der Waals surface area contributed by atoms with Crippen molar-refractivity contribution in [1.29, 1.82) is 0 Å². The van der Waals surface area contributed by atoms with Crippen LogP contribution < -0.4 is 5.32 Å². The average Bonchev–Trinajstić information content (AvgIpc) is 2.96. The van der Waals surface area contributed by atoms with Crippen molar-refractivity contribution >= 4 is 29.1 Å². The Bertz CT molecular complexity index is 385. The van der Waals surface area contributed by atoms with Crippen molar-refractivity contribution in [1.82, 2.24) is 5.32 Å². The highest BCUT2D eigenvalue weighted by atomic mass is 32.2. The second-order valence-corrected chi connectivity index (χ2v) is 6.33. The van der Waals surface area contributed by atoms with E-state index in [0.29, 0.717) is 4.88 Å². The Labute approximate surface area is 103 Å². The lowest BCUT2D eigenvalue weighted by Crippen LogP contribution is -2.19. The zero-order valence-corrected chi connectivity index (χ0v) is 10.8. The van der Waals surface area contributed by atoms with Crippen molar-refractivity contribution in [2.75, 3.05) is 12.3 Å². The lowest BCUT2D eigenvalue weighted by molar-refractivity contribution is 0.0699. The predicted molar refractivity (Wildman–Crippen MR) is 67.8 cm³/mol. The van der Waals surface area contributed by atoms with Gasteiger partial charge in [0.15, 0.2) is 0 Å². The monoisotopic (exact) mass is 257 g/mol. The topological polar surface area (TPSA) is 49.3 Å². The summed E-state index contributed by atoms with van der Waals surface area (Å²) in [4.78, 5) is 13.4. The van der Waals surface area contributed by atoms with E-state index in [1.54, 1.807) is 11.8 Å². The van der Waals surface area contributed by atoms with Crippen LogP contribution >= 0.6 is 23.1 Å². The quantitative estimate of drug-likeness (QED) is 0.607. The maximum absolute atomic E-state index is 11.0. The summed E-state index contributed by atoms with van der Waals surface area (Å²) in [6, 6.07) is 2.69. The first-order valence-electron chi connectivity index (χ1n) is 5.36. The molecule has 1 fully saturated rings. The highest BCUT2D eigenvalue weighted by Crippen LogP contribution is 2.30. The first-order valence-corrected chi connectivity index (χ1v) is 7.17. The summed E-state index contributed by atoms with van der Waals surface area (Å²) >= 11 is 2.99. The summed E-state index contributed by atoms with van der Waals surface area (Å²) in [5, 5.41) is 12.4. The Balaban J connectivity index is 1.84. The molecule has 1 aliphatic carbocycles. The molecule has 1 saturated carbocycles. The SMILES string of the molecule is Cc1cc(SCCNC2CC2)c(C(=O)O)s1. The molecule has 0 radical (unpaired) electrons. The van der Waals surface area contributed by atoms with Crippen molar-refractivity contribution in [3.8, 4) is 0 Å². The minimum Gasteiger partial charge on any atom is -0.477 e. The maximum atomic E-state index is 11.0. The number of carbonyl (C=O) groups is 1. The molecule has 1 aromatic heterocycles. The van der Waals surface area contributed by atoms with Crippen LogP contribution in [0.5, 0.6) is 0 Å². The van der Waals surface area contributed by atoms with Gasteiger partial charge >= 0.3 is 5.97 Å². The lowest BCUT2D eigenvalue weighted by Gasteiger charge is -2.02. The van der Waals surface area contributed by atoms with Gasteiger partial charge in [0.2, 0.25) is 0 Å². The van der Waals surface area contributed by atoms with Crippen LogP contribution in [0.15, 0.2) is 11.0 Å². The van der Waals surface area contributed by atoms with E-state index in [9.17, 15) is 4.79 Å². The fourth-order valence-corrected chi connectivity index (χ4v) is 3.50.